The van der Waals surface area contributed by atoms with Gasteiger partial charge in [0.05, 0.1) is 13.2 Å². The van der Waals surface area contributed by atoms with E-state index in [0.29, 0.717) is 5.92 Å². The van der Waals surface area contributed by atoms with E-state index in [0.717, 1.165) is 44.7 Å². The number of ether oxygens (including phenoxy) is 2. The summed E-state index contributed by atoms with van der Waals surface area (Å²) in [4.78, 5) is 4.32. The second-order valence-electron chi connectivity index (χ2n) is 4.66. The van der Waals surface area contributed by atoms with Crippen LogP contribution in [0, 0.1) is 0 Å². The lowest BCUT2D eigenvalue weighted by atomic mass is 9.85. The number of rotatable bonds is 1. The quantitative estimate of drug-likeness (QED) is 0.718. The molecule has 5 nitrogen and oxygen atoms in total. The molecule has 0 radical (unpaired) electrons. The predicted molar refractivity (Wildman–Crippen MR) is 56.8 cm³/mol. The summed E-state index contributed by atoms with van der Waals surface area (Å²) in [6.45, 7) is 1.49. The van der Waals surface area contributed by atoms with Crippen molar-refractivity contribution in [3.63, 3.8) is 0 Å². The Balaban J connectivity index is 1.66. The molecule has 1 aliphatic heterocycles. The van der Waals surface area contributed by atoms with E-state index in [2.05, 4.69) is 10.1 Å². The molecule has 2 aliphatic rings. The van der Waals surface area contributed by atoms with Crippen LogP contribution in [0.4, 0.5) is 0 Å². The molecule has 1 aromatic rings. The van der Waals surface area contributed by atoms with Gasteiger partial charge in [-0.15, -0.1) is 0 Å². The largest absolute Gasteiger partial charge is 0.348 e. The Labute approximate surface area is 94.8 Å². The van der Waals surface area contributed by atoms with E-state index >= 15 is 0 Å². The molecular formula is C11H17N3O2. The molecule has 0 atom stereocenters. The Morgan fingerprint density at radius 1 is 1.31 bits per heavy atom. The Morgan fingerprint density at radius 2 is 2.00 bits per heavy atom. The topological polar surface area (TPSA) is 49.2 Å². The third-order valence-corrected chi connectivity index (χ3v) is 3.54. The lowest BCUT2D eigenvalue weighted by molar-refractivity contribution is -0.179. The van der Waals surface area contributed by atoms with E-state index in [-0.39, 0.29) is 5.79 Å². The first-order valence-corrected chi connectivity index (χ1v) is 5.91. The summed E-state index contributed by atoms with van der Waals surface area (Å²) in [7, 11) is 1.91. The zero-order valence-electron chi connectivity index (χ0n) is 9.56. The van der Waals surface area contributed by atoms with E-state index in [4.69, 9.17) is 9.47 Å². The average Bonchev–Trinajstić information content (AvgIpc) is 2.90. The van der Waals surface area contributed by atoms with Crippen LogP contribution in [0.2, 0.25) is 0 Å². The smallest absolute Gasteiger partial charge is 0.168 e. The third kappa shape index (κ3) is 1.74. The molecule has 0 bridgehead atoms. The molecule has 1 aliphatic carbocycles. The van der Waals surface area contributed by atoms with Gasteiger partial charge in [0.1, 0.15) is 6.33 Å². The van der Waals surface area contributed by atoms with Crippen molar-refractivity contribution in [1.29, 1.82) is 0 Å². The van der Waals surface area contributed by atoms with Crippen LogP contribution < -0.4 is 0 Å². The highest BCUT2D eigenvalue weighted by Crippen LogP contribution is 2.41. The highest BCUT2D eigenvalue weighted by molar-refractivity contribution is 4.98. The normalized spacial score (nSPS) is 25.3. The number of nitrogens with zero attached hydrogens (tertiary/aromatic N) is 3. The van der Waals surface area contributed by atoms with Crippen molar-refractivity contribution in [3.05, 3.63) is 12.2 Å². The fraction of sp³-hybridized carbons (Fsp3) is 0.818. The monoisotopic (exact) mass is 223 g/mol. The second kappa shape index (κ2) is 3.82. The van der Waals surface area contributed by atoms with Gasteiger partial charge in [-0.2, -0.15) is 5.10 Å². The van der Waals surface area contributed by atoms with Gasteiger partial charge in [0.25, 0.3) is 0 Å². The first-order chi connectivity index (χ1) is 7.77. The Kier molecular flexibility index (Phi) is 2.44. The van der Waals surface area contributed by atoms with Gasteiger partial charge in [0.15, 0.2) is 11.6 Å². The molecular weight excluding hydrogens is 206 g/mol. The highest BCUT2D eigenvalue weighted by atomic mass is 16.7. The summed E-state index contributed by atoms with van der Waals surface area (Å²) < 4.78 is 13.2. The van der Waals surface area contributed by atoms with E-state index < -0.39 is 0 Å². The summed E-state index contributed by atoms with van der Waals surface area (Å²) in [6, 6.07) is 0. The minimum atomic E-state index is -0.273. The van der Waals surface area contributed by atoms with Crippen LogP contribution in [0.15, 0.2) is 6.33 Å². The zero-order chi connectivity index (χ0) is 11.0. The van der Waals surface area contributed by atoms with E-state index in [9.17, 15) is 0 Å². The molecule has 0 N–H and O–H groups in total. The van der Waals surface area contributed by atoms with Gasteiger partial charge in [-0.25, -0.2) is 4.98 Å². The molecule has 88 valence electrons. The maximum Gasteiger partial charge on any atom is 0.168 e. The number of aromatic nitrogens is 3. The molecule has 0 unspecified atom stereocenters. The fourth-order valence-electron chi connectivity index (χ4n) is 2.64. The predicted octanol–water partition coefficient (Wildman–Crippen LogP) is 1.22. The van der Waals surface area contributed by atoms with Crippen LogP contribution >= 0.6 is 0 Å². The lowest BCUT2D eigenvalue weighted by Gasteiger charge is -2.34. The Bertz CT molecular complexity index is 361. The van der Waals surface area contributed by atoms with E-state index in [1.54, 1.807) is 11.0 Å². The van der Waals surface area contributed by atoms with Crippen LogP contribution in [-0.2, 0) is 16.5 Å². The number of aryl methyl sites for hydroxylation is 1. The number of hydrogen-bond donors (Lipinski definition) is 0. The van der Waals surface area contributed by atoms with Crippen LogP contribution in [0.1, 0.15) is 37.4 Å². The molecule has 1 saturated carbocycles. The molecule has 0 amide bonds. The van der Waals surface area contributed by atoms with Gasteiger partial charge in [-0.05, 0) is 12.8 Å². The summed E-state index contributed by atoms with van der Waals surface area (Å²) >= 11 is 0. The fourth-order valence-corrected chi connectivity index (χ4v) is 2.64. The molecule has 1 spiro atoms. The molecule has 1 aromatic heterocycles. The molecule has 0 aromatic carbocycles. The Hall–Kier alpha value is -0.940. The van der Waals surface area contributed by atoms with Crippen molar-refractivity contribution in [2.75, 3.05) is 13.2 Å². The molecule has 16 heavy (non-hydrogen) atoms. The standard InChI is InChI=1S/C11H17N3O2/c1-14-8-12-10(13-14)9-2-4-11(5-3-9)15-6-7-16-11/h8-9H,2-7H2,1H3. The molecule has 3 rings (SSSR count). The van der Waals surface area contributed by atoms with Gasteiger partial charge in [0, 0.05) is 25.8 Å². The first-order valence-electron chi connectivity index (χ1n) is 5.91. The maximum atomic E-state index is 5.70. The van der Waals surface area contributed by atoms with Crippen molar-refractivity contribution in [2.45, 2.75) is 37.4 Å². The minimum absolute atomic E-state index is 0.273. The Morgan fingerprint density at radius 3 is 2.56 bits per heavy atom. The van der Waals surface area contributed by atoms with Crippen LogP contribution in [0.3, 0.4) is 0 Å². The summed E-state index contributed by atoms with van der Waals surface area (Å²) in [5, 5.41) is 4.37. The third-order valence-electron chi connectivity index (χ3n) is 3.54. The second-order valence-corrected chi connectivity index (χ2v) is 4.66. The van der Waals surface area contributed by atoms with Crippen LogP contribution in [0.5, 0.6) is 0 Å². The van der Waals surface area contributed by atoms with Gasteiger partial charge >= 0.3 is 0 Å². The van der Waals surface area contributed by atoms with Crippen LogP contribution in [0.25, 0.3) is 0 Å². The maximum absolute atomic E-state index is 5.70. The van der Waals surface area contributed by atoms with Gasteiger partial charge in [0.2, 0.25) is 0 Å². The summed E-state index contributed by atoms with van der Waals surface area (Å²) in [5.74, 6) is 1.17. The number of hydrogen-bond acceptors (Lipinski definition) is 4. The molecule has 2 fully saturated rings. The van der Waals surface area contributed by atoms with Gasteiger partial charge < -0.3 is 9.47 Å². The molecule has 1 saturated heterocycles. The van der Waals surface area contributed by atoms with Crippen LogP contribution in [-0.4, -0.2) is 33.8 Å². The lowest BCUT2D eigenvalue weighted by Crippen LogP contribution is -2.34. The SMILES string of the molecule is Cn1cnc(C2CCC3(CC2)OCCO3)n1. The highest BCUT2D eigenvalue weighted by Gasteiger charge is 2.41. The minimum Gasteiger partial charge on any atom is -0.348 e. The van der Waals surface area contributed by atoms with Crippen molar-refractivity contribution in [3.8, 4) is 0 Å². The average molecular weight is 223 g/mol. The van der Waals surface area contributed by atoms with Gasteiger partial charge in [-0.1, -0.05) is 0 Å². The van der Waals surface area contributed by atoms with E-state index in [1.165, 1.54) is 0 Å². The summed E-state index contributed by atoms with van der Waals surface area (Å²) in [5.41, 5.74) is 0. The van der Waals surface area contributed by atoms with E-state index in [1.807, 2.05) is 7.05 Å². The van der Waals surface area contributed by atoms with Crippen molar-refractivity contribution in [1.82, 2.24) is 14.8 Å². The molecule has 2 heterocycles. The zero-order valence-corrected chi connectivity index (χ0v) is 9.56. The molecule has 5 heteroatoms. The first kappa shape index (κ1) is 10.2. The van der Waals surface area contributed by atoms with Crippen molar-refractivity contribution >= 4 is 0 Å². The van der Waals surface area contributed by atoms with Gasteiger partial charge in [-0.3, -0.25) is 4.68 Å². The van der Waals surface area contributed by atoms with Crippen molar-refractivity contribution < 1.29 is 9.47 Å². The summed E-state index contributed by atoms with van der Waals surface area (Å²) in [6.07, 6.45) is 5.82. The van der Waals surface area contributed by atoms with Crippen molar-refractivity contribution in [2.24, 2.45) is 7.05 Å².